The van der Waals surface area contributed by atoms with Gasteiger partial charge in [-0.25, -0.2) is 4.99 Å². The Kier molecular flexibility index (Phi) is 5.25. The van der Waals surface area contributed by atoms with Crippen LogP contribution in [-0.4, -0.2) is 46.2 Å². The second-order valence-corrected chi connectivity index (χ2v) is 6.23. The van der Waals surface area contributed by atoms with Gasteiger partial charge in [0.05, 0.1) is 6.04 Å². The average molecular weight is 245 g/mol. The van der Waals surface area contributed by atoms with Crippen LogP contribution in [0.3, 0.4) is 0 Å². The first-order valence-electron chi connectivity index (χ1n) is 5.87. The highest BCUT2D eigenvalue weighted by atomic mass is 32.2. The number of rotatable bonds is 3. The lowest BCUT2D eigenvalue weighted by Crippen LogP contribution is -2.43. The molecule has 0 aromatic rings. The van der Waals surface area contributed by atoms with Crippen molar-refractivity contribution in [2.24, 2.45) is 16.6 Å². The van der Waals surface area contributed by atoms with E-state index in [1.165, 1.54) is 12.8 Å². The van der Waals surface area contributed by atoms with Gasteiger partial charge in [-0.3, -0.25) is 4.21 Å². The first kappa shape index (κ1) is 13.5. The van der Waals surface area contributed by atoms with Crippen molar-refractivity contribution in [3.63, 3.8) is 0 Å². The molecule has 2 N–H and O–H groups in total. The van der Waals surface area contributed by atoms with E-state index in [4.69, 9.17) is 5.73 Å². The van der Waals surface area contributed by atoms with Crippen molar-refractivity contribution in [1.82, 2.24) is 4.90 Å². The van der Waals surface area contributed by atoms with Gasteiger partial charge in [-0.15, -0.1) is 0 Å². The summed E-state index contributed by atoms with van der Waals surface area (Å²) < 4.78 is 11.0. The summed E-state index contributed by atoms with van der Waals surface area (Å²) in [5, 5.41) is 0. The lowest BCUT2D eigenvalue weighted by atomic mass is 10.00. The van der Waals surface area contributed by atoms with Crippen molar-refractivity contribution in [2.75, 3.05) is 25.1 Å². The summed E-state index contributed by atoms with van der Waals surface area (Å²) in [6.07, 6.45) is 4.07. The largest absolute Gasteiger partial charge is 0.370 e. The zero-order chi connectivity index (χ0) is 12.1. The number of hydrogen-bond acceptors (Lipinski definition) is 2. The molecule has 1 heterocycles. The van der Waals surface area contributed by atoms with Gasteiger partial charge in [0.2, 0.25) is 0 Å². The number of guanidine groups is 1. The van der Waals surface area contributed by atoms with Gasteiger partial charge in [-0.2, -0.15) is 0 Å². The molecule has 0 aliphatic carbocycles. The van der Waals surface area contributed by atoms with Crippen LogP contribution in [0.5, 0.6) is 0 Å². The summed E-state index contributed by atoms with van der Waals surface area (Å²) in [7, 11) is -0.804. The van der Waals surface area contributed by atoms with Crippen molar-refractivity contribution < 1.29 is 4.21 Å². The molecule has 0 bridgehead atoms. The van der Waals surface area contributed by atoms with E-state index in [9.17, 15) is 4.21 Å². The first-order chi connectivity index (χ1) is 7.49. The van der Waals surface area contributed by atoms with Gasteiger partial charge >= 0.3 is 0 Å². The Morgan fingerprint density at radius 1 is 1.56 bits per heavy atom. The van der Waals surface area contributed by atoms with Crippen molar-refractivity contribution in [3.05, 3.63) is 0 Å². The van der Waals surface area contributed by atoms with E-state index in [0.717, 1.165) is 19.0 Å². The fourth-order valence-corrected chi connectivity index (χ4v) is 2.68. The van der Waals surface area contributed by atoms with Crippen molar-refractivity contribution >= 4 is 16.8 Å². The fourth-order valence-electron chi connectivity index (χ4n) is 1.92. The molecule has 0 aromatic carbocycles. The highest BCUT2D eigenvalue weighted by Gasteiger charge is 2.17. The number of nitrogens with zero attached hydrogens (tertiary/aromatic N) is 2. The number of nitrogens with two attached hydrogens (primary N) is 1. The Morgan fingerprint density at radius 2 is 2.12 bits per heavy atom. The van der Waals surface area contributed by atoms with Crippen LogP contribution in [0.1, 0.15) is 26.7 Å². The molecule has 94 valence electrons. The second kappa shape index (κ2) is 6.23. The average Bonchev–Trinajstić information content (AvgIpc) is 2.16. The minimum absolute atomic E-state index is 0.0465. The minimum atomic E-state index is -0.804. The third kappa shape index (κ3) is 4.51. The van der Waals surface area contributed by atoms with Crippen LogP contribution in [0.15, 0.2) is 4.99 Å². The van der Waals surface area contributed by atoms with Crippen LogP contribution in [0.25, 0.3) is 0 Å². The molecule has 2 atom stereocenters. The summed E-state index contributed by atoms with van der Waals surface area (Å²) in [5.74, 6) is 2.00. The molecule has 0 spiro atoms. The molecule has 0 saturated carbocycles. The van der Waals surface area contributed by atoms with Crippen LogP contribution in [-0.2, 0) is 10.8 Å². The number of hydrogen-bond donors (Lipinski definition) is 1. The van der Waals surface area contributed by atoms with Gasteiger partial charge < -0.3 is 10.6 Å². The summed E-state index contributed by atoms with van der Waals surface area (Å²) in [5.41, 5.74) is 5.95. The van der Waals surface area contributed by atoms with E-state index in [0.29, 0.717) is 11.7 Å². The van der Waals surface area contributed by atoms with Crippen LogP contribution < -0.4 is 5.73 Å². The van der Waals surface area contributed by atoms with E-state index >= 15 is 0 Å². The molecule has 0 amide bonds. The Morgan fingerprint density at radius 3 is 2.62 bits per heavy atom. The third-order valence-corrected chi connectivity index (χ3v) is 3.89. The summed E-state index contributed by atoms with van der Waals surface area (Å²) in [6.45, 7) is 6.23. The Bertz CT molecular complexity index is 272. The van der Waals surface area contributed by atoms with Crippen LogP contribution >= 0.6 is 0 Å². The maximum Gasteiger partial charge on any atom is 0.191 e. The van der Waals surface area contributed by atoms with Crippen molar-refractivity contribution in [2.45, 2.75) is 32.7 Å². The van der Waals surface area contributed by atoms with E-state index in [1.54, 1.807) is 6.26 Å². The molecule has 1 aliphatic heterocycles. The van der Waals surface area contributed by atoms with Gasteiger partial charge in [-0.05, 0) is 25.7 Å². The SMILES string of the molecule is CC1CCN(C(N)=NC(C)CS(C)=O)CC1. The topological polar surface area (TPSA) is 58.7 Å². The standard InChI is InChI=1S/C11H23N3OS/c1-9-4-6-14(7-5-9)11(12)13-10(2)8-16(3)15/h9-10H,4-8H2,1-3H3,(H2,12,13). The number of likely N-dealkylation sites (tertiary alicyclic amines) is 1. The molecule has 5 heteroatoms. The van der Waals surface area contributed by atoms with E-state index in [-0.39, 0.29) is 6.04 Å². The van der Waals surface area contributed by atoms with Gasteiger partial charge in [0.25, 0.3) is 0 Å². The maximum atomic E-state index is 11.0. The monoisotopic (exact) mass is 245 g/mol. The molecular formula is C11H23N3OS. The maximum absolute atomic E-state index is 11.0. The number of aliphatic imine (C=N–C) groups is 1. The molecule has 2 unspecified atom stereocenters. The van der Waals surface area contributed by atoms with Gasteiger partial charge in [-0.1, -0.05) is 6.92 Å². The van der Waals surface area contributed by atoms with Crippen molar-refractivity contribution in [1.29, 1.82) is 0 Å². The normalized spacial score (nSPS) is 23.2. The first-order valence-corrected chi connectivity index (χ1v) is 7.60. The predicted molar refractivity (Wildman–Crippen MR) is 70.0 cm³/mol. The molecule has 0 radical (unpaired) electrons. The highest BCUT2D eigenvalue weighted by Crippen LogP contribution is 2.15. The quantitative estimate of drug-likeness (QED) is 0.591. The summed E-state index contributed by atoms with van der Waals surface area (Å²) in [4.78, 5) is 6.53. The fraction of sp³-hybridized carbons (Fsp3) is 0.909. The van der Waals surface area contributed by atoms with E-state index in [2.05, 4.69) is 16.8 Å². The Labute approximate surface area is 101 Å². The predicted octanol–water partition coefficient (Wildman–Crippen LogP) is 0.800. The highest BCUT2D eigenvalue weighted by molar-refractivity contribution is 7.84. The Balaban J connectivity index is 2.46. The molecule has 1 rings (SSSR count). The van der Waals surface area contributed by atoms with Crippen molar-refractivity contribution in [3.8, 4) is 0 Å². The molecule has 1 aliphatic rings. The molecule has 1 saturated heterocycles. The van der Waals surface area contributed by atoms with Gasteiger partial charge in [0.15, 0.2) is 5.96 Å². The molecule has 1 fully saturated rings. The van der Waals surface area contributed by atoms with Gasteiger partial charge in [0.1, 0.15) is 0 Å². The lowest BCUT2D eigenvalue weighted by Gasteiger charge is -2.31. The smallest absolute Gasteiger partial charge is 0.191 e. The van der Waals surface area contributed by atoms with Crippen LogP contribution in [0.4, 0.5) is 0 Å². The molecular weight excluding hydrogens is 222 g/mol. The van der Waals surface area contributed by atoms with Crippen LogP contribution in [0, 0.1) is 5.92 Å². The zero-order valence-electron chi connectivity index (χ0n) is 10.5. The molecule has 4 nitrogen and oxygen atoms in total. The summed E-state index contributed by atoms with van der Waals surface area (Å²) in [6, 6.07) is 0.0465. The third-order valence-electron chi connectivity index (χ3n) is 2.94. The molecule has 0 aromatic heterocycles. The minimum Gasteiger partial charge on any atom is -0.370 e. The second-order valence-electron chi connectivity index (χ2n) is 4.75. The molecule has 16 heavy (non-hydrogen) atoms. The summed E-state index contributed by atoms with van der Waals surface area (Å²) >= 11 is 0. The van der Waals surface area contributed by atoms with E-state index in [1.807, 2.05) is 6.92 Å². The number of piperidine rings is 1. The Hall–Kier alpha value is -0.580. The van der Waals surface area contributed by atoms with Gasteiger partial charge in [0, 0.05) is 35.9 Å². The lowest BCUT2D eigenvalue weighted by molar-refractivity contribution is 0.277. The van der Waals surface area contributed by atoms with E-state index < -0.39 is 10.8 Å². The zero-order valence-corrected chi connectivity index (χ0v) is 11.3. The van der Waals surface area contributed by atoms with Crippen LogP contribution in [0.2, 0.25) is 0 Å².